The third kappa shape index (κ3) is 5.79. The van der Waals surface area contributed by atoms with Crippen LogP contribution in [0, 0.1) is 12.3 Å². The minimum atomic E-state index is -2.84. The van der Waals surface area contributed by atoms with Gasteiger partial charge < -0.3 is 9.64 Å². The van der Waals surface area contributed by atoms with E-state index in [1.165, 1.54) is 11.1 Å². The van der Waals surface area contributed by atoms with E-state index in [0.29, 0.717) is 17.5 Å². The highest BCUT2D eigenvalue weighted by Gasteiger charge is 2.30. The van der Waals surface area contributed by atoms with Gasteiger partial charge in [0.05, 0.1) is 11.9 Å². The van der Waals surface area contributed by atoms with E-state index < -0.39 is 6.61 Å². The lowest BCUT2D eigenvalue weighted by Gasteiger charge is -2.39. The SMILES string of the molecule is C#Cc1ccc(C2CCC(N(c3ccc(OC(F)F)cc3)c3cnccc3C(C)CC)CC2)cn1. The first-order chi connectivity index (χ1) is 17.0. The Balaban J connectivity index is 1.62. The fraction of sp³-hybridized carbons (Fsp3) is 0.379. The highest BCUT2D eigenvalue weighted by atomic mass is 19.3. The number of halogens is 2. The van der Waals surface area contributed by atoms with Gasteiger partial charge in [-0.05, 0) is 91.5 Å². The minimum Gasteiger partial charge on any atom is -0.435 e. The number of hydrogen-bond acceptors (Lipinski definition) is 4. The van der Waals surface area contributed by atoms with Crippen molar-refractivity contribution in [1.82, 2.24) is 9.97 Å². The highest BCUT2D eigenvalue weighted by Crippen LogP contribution is 2.42. The number of ether oxygens (including phenoxy) is 1. The summed E-state index contributed by atoms with van der Waals surface area (Å²) >= 11 is 0. The van der Waals surface area contributed by atoms with E-state index in [4.69, 9.17) is 6.42 Å². The van der Waals surface area contributed by atoms with Crippen LogP contribution in [-0.2, 0) is 0 Å². The van der Waals surface area contributed by atoms with E-state index >= 15 is 0 Å². The van der Waals surface area contributed by atoms with Crippen LogP contribution in [0.15, 0.2) is 61.1 Å². The van der Waals surface area contributed by atoms with Crippen LogP contribution in [0.25, 0.3) is 0 Å². The van der Waals surface area contributed by atoms with E-state index in [9.17, 15) is 8.78 Å². The second-order valence-corrected chi connectivity index (χ2v) is 9.11. The molecule has 1 unspecified atom stereocenters. The summed E-state index contributed by atoms with van der Waals surface area (Å²) in [6.45, 7) is 1.56. The zero-order chi connectivity index (χ0) is 24.8. The van der Waals surface area contributed by atoms with Crippen molar-refractivity contribution in [2.24, 2.45) is 0 Å². The third-order valence-electron chi connectivity index (χ3n) is 7.04. The summed E-state index contributed by atoms with van der Waals surface area (Å²) in [5.74, 6) is 3.54. The Labute approximate surface area is 206 Å². The summed E-state index contributed by atoms with van der Waals surface area (Å²) in [6, 6.07) is 13.3. The topological polar surface area (TPSA) is 38.2 Å². The number of anilines is 2. The third-order valence-corrected chi connectivity index (χ3v) is 7.04. The predicted molar refractivity (Wildman–Crippen MR) is 135 cm³/mol. The fourth-order valence-corrected chi connectivity index (χ4v) is 4.97. The van der Waals surface area contributed by atoms with Gasteiger partial charge in [0.25, 0.3) is 0 Å². The molecule has 0 spiro atoms. The van der Waals surface area contributed by atoms with Crippen LogP contribution in [0.2, 0.25) is 0 Å². The van der Waals surface area contributed by atoms with Crippen LogP contribution in [0.1, 0.15) is 74.6 Å². The van der Waals surface area contributed by atoms with E-state index in [0.717, 1.165) is 43.5 Å². The zero-order valence-corrected chi connectivity index (χ0v) is 20.2. The van der Waals surface area contributed by atoms with Crippen LogP contribution in [0.3, 0.4) is 0 Å². The van der Waals surface area contributed by atoms with Crippen LogP contribution in [-0.4, -0.2) is 22.6 Å². The van der Waals surface area contributed by atoms with Gasteiger partial charge in [-0.2, -0.15) is 8.78 Å². The lowest BCUT2D eigenvalue weighted by atomic mass is 9.81. The summed E-state index contributed by atoms with van der Waals surface area (Å²) in [5.41, 5.74) is 5.15. The number of benzene rings is 1. The monoisotopic (exact) mass is 475 g/mol. The van der Waals surface area contributed by atoms with Gasteiger partial charge in [0.1, 0.15) is 11.4 Å². The van der Waals surface area contributed by atoms with Crippen molar-refractivity contribution in [2.45, 2.75) is 70.4 Å². The van der Waals surface area contributed by atoms with Crippen molar-refractivity contribution in [3.8, 4) is 18.1 Å². The molecule has 6 heteroatoms. The average molecular weight is 476 g/mol. The Morgan fingerprint density at radius 1 is 1.06 bits per heavy atom. The van der Waals surface area contributed by atoms with Crippen molar-refractivity contribution in [3.63, 3.8) is 0 Å². The number of nitrogens with zero attached hydrogens (tertiary/aromatic N) is 3. The number of rotatable bonds is 8. The van der Waals surface area contributed by atoms with Gasteiger partial charge in [-0.3, -0.25) is 4.98 Å². The molecule has 1 aliphatic carbocycles. The first-order valence-electron chi connectivity index (χ1n) is 12.2. The molecular formula is C29H31F2N3O. The molecule has 0 radical (unpaired) electrons. The molecule has 0 bridgehead atoms. The quantitative estimate of drug-likeness (QED) is 0.317. The first kappa shape index (κ1) is 24.7. The molecule has 2 heterocycles. The second-order valence-electron chi connectivity index (χ2n) is 9.11. The zero-order valence-electron chi connectivity index (χ0n) is 20.2. The molecule has 1 atom stereocenters. The molecule has 2 aromatic heterocycles. The summed E-state index contributed by atoms with van der Waals surface area (Å²) in [5, 5.41) is 0. The molecule has 0 amide bonds. The van der Waals surface area contributed by atoms with Gasteiger partial charge in [0.15, 0.2) is 0 Å². The Morgan fingerprint density at radius 3 is 2.40 bits per heavy atom. The number of alkyl halides is 2. The molecule has 1 aromatic carbocycles. The van der Waals surface area contributed by atoms with E-state index in [1.807, 2.05) is 36.8 Å². The first-order valence-corrected chi connectivity index (χ1v) is 12.2. The van der Waals surface area contributed by atoms with E-state index in [2.05, 4.69) is 51.5 Å². The van der Waals surface area contributed by atoms with E-state index in [-0.39, 0.29) is 11.8 Å². The van der Waals surface area contributed by atoms with Crippen LogP contribution in [0.4, 0.5) is 20.2 Å². The lowest BCUT2D eigenvalue weighted by Crippen LogP contribution is -2.35. The van der Waals surface area contributed by atoms with Crippen molar-refractivity contribution >= 4 is 11.4 Å². The molecule has 0 saturated heterocycles. The summed E-state index contributed by atoms with van der Waals surface area (Å²) in [6.07, 6.45) is 16.2. The van der Waals surface area contributed by atoms with Gasteiger partial charge in [-0.25, -0.2) is 4.98 Å². The van der Waals surface area contributed by atoms with Crippen molar-refractivity contribution in [2.75, 3.05) is 4.90 Å². The molecule has 4 rings (SSSR count). The molecule has 1 saturated carbocycles. The van der Waals surface area contributed by atoms with Crippen LogP contribution < -0.4 is 9.64 Å². The normalized spacial score (nSPS) is 18.6. The van der Waals surface area contributed by atoms with Crippen LogP contribution in [0.5, 0.6) is 5.75 Å². The van der Waals surface area contributed by atoms with Gasteiger partial charge >= 0.3 is 6.61 Å². The molecule has 3 aromatic rings. The predicted octanol–water partition coefficient (Wildman–Crippen LogP) is 7.44. The number of hydrogen-bond donors (Lipinski definition) is 0. The molecule has 35 heavy (non-hydrogen) atoms. The maximum atomic E-state index is 12.7. The van der Waals surface area contributed by atoms with Gasteiger partial charge in [0.2, 0.25) is 0 Å². The maximum absolute atomic E-state index is 12.7. The number of aromatic nitrogens is 2. The lowest BCUT2D eigenvalue weighted by molar-refractivity contribution is -0.0498. The molecule has 4 nitrogen and oxygen atoms in total. The Hall–Kier alpha value is -3.46. The molecule has 1 aliphatic rings. The Kier molecular flexibility index (Phi) is 7.97. The average Bonchev–Trinajstić information content (AvgIpc) is 2.90. The molecule has 0 N–H and O–H groups in total. The maximum Gasteiger partial charge on any atom is 0.387 e. The smallest absolute Gasteiger partial charge is 0.387 e. The van der Waals surface area contributed by atoms with Crippen LogP contribution >= 0.6 is 0 Å². The van der Waals surface area contributed by atoms with E-state index in [1.54, 1.807) is 12.1 Å². The summed E-state index contributed by atoms with van der Waals surface area (Å²) in [7, 11) is 0. The molecule has 1 fully saturated rings. The largest absolute Gasteiger partial charge is 0.435 e. The highest BCUT2D eigenvalue weighted by molar-refractivity contribution is 5.68. The van der Waals surface area contributed by atoms with Gasteiger partial charge in [-0.1, -0.05) is 25.8 Å². The van der Waals surface area contributed by atoms with Crippen molar-refractivity contribution in [3.05, 3.63) is 77.9 Å². The fourth-order valence-electron chi connectivity index (χ4n) is 4.97. The standard InChI is InChI=1S/C29H31F2N3O/c1-4-20(3)27-16-17-32-19-28(27)34(25-12-14-26(15-13-25)35-29(30)31)24-10-7-21(8-11-24)22-6-9-23(5-2)33-18-22/h2,6,9,12-21,24,29H,4,7-8,10-11H2,1,3H3. The Bertz CT molecular complexity index is 1130. The molecule has 182 valence electrons. The number of pyridine rings is 2. The summed E-state index contributed by atoms with van der Waals surface area (Å²) < 4.78 is 29.9. The van der Waals surface area contributed by atoms with Crippen molar-refractivity contribution < 1.29 is 13.5 Å². The Morgan fingerprint density at radius 2 is 1.80 bits per heavy atom. The van der Waals surface area contributed by atoms with Gasteiger partial charge in [-0.15, -0.1) is 6.42 Å². The van der Waals surface area contributed by atoms with Gasteiger partial charge in [0, 0.05) is 24.1 Å². The number of terminal acetylenes is 1. The summed E-state index contributed by atoms with van der Waals surface area (Å²) in [4.78, 5) is 11.2. The molecular weight excluding hydrogens is 444 g/mol. The minimum absolute atomic E-state index is 0.156. The second kappa shape index (κ2) is 11.3. The van der Waals surface area contributed by atoms with Crippen molar-refractivity contribution in [1.29, 1.82) is 0 Å². The molecule has 0 aliphatic heterocycles.